The average Bonchev–Trinajstić information content (AvgIpc) is 2.58. The van der Waals surface area contributed by atoms with E-state index in [1.807, 2.05) is 28.7 Å². The number of hydrazine groups is 1. The Morgan fingerprint density at radius 1 is 0.917 bits per heavy atom. The maximum Gasteiger partial charge on any atom is 0.269 e. The lowest BCUT2D eigenvalue weighted by atomic mass is 10.2. The van der Waals surface area contributed by atoms with E-state index in [1.165, 1.54) is 12.1 Å². The first-order valence-corrected chi connectivity index (χ1v) is 8.30. The Hall–Kier alpha value is -2.13. The predicted molar refractivity (Wildman–Crippen MR) is 98.6 cm³/mol. The number of carbonyl (C=O) groups excluding carboxylic acids is 3. The minimum atomic E-state index is -0.545. The number of halogens is 2. The monoisotopic (exact) mass is 457 g/mol. The number of carbonyl (C=O) groups is 3. The number of hydrogen-bond acceptors (Lipinski definition) is 3. The number of hydrogen-bond donors (Lipinski definition) is 3. The predicted octanol–water partition coefficient (Wildman–Crippen LogP) is 2.14. The molecule has 0 saturated carbocycles. The summed E-state index contributed by atoms with van der Waals surface area (Å²) in [6.45, 7) is -0.259. The van der Waals surface area contributed by atoms with Crippen LogP contribution >= 0.6 is 34.2 Å². The van der Waals surface area contributed by atoms with E-state index in [-0.39, 0.29) is 12.5 Å². The van der Waals surface area contributed by atoms with E-state index in [0.29, 0.717) is 16.1 Å². The van der Waals surface area contributed by atoms with E-state index < -0.39 is 11.8 Å². The first-order chi connectivity index (χ1) is 11.5. The van der Waals surface area contributed by atoms with Crippen molar-refractivity contribution >= 4 is 51.9 Å². The summed E-state index contributed by atoms with van der Waals surface area (Å²) in [7, 11) is 0. The molecule has 2 aromatic carbocycles. The molecule has 0 saturated heterocycles. The summed E-state index contributed by atoms with van der Waals surface area (Å²) in [5, 5.41) is 2.99. The van der Waals surface area contributed by atoms with Crippen LogP contribution in [0.3, 0.4) is 0 Å². The van der Waals surface area contributed by atoms with Gasteiger partial charge in [-0.3, -0.25) is 25.2 Å². The van der Waals surface area contributed by atoms with Gasteiger partial charge in [-0.1, -0.05) is 23.7 Å². The van der Waals surface area contributed by atoms with E-state index in [2.05, 4.69) is 16.2 Å². The molecule has 0 aliphatic heterocycles. The first-order valence-electron chi connectivity index (χ1n) is 6.85. The molecular weight excluding hydrogens is 445 g/mol. The van der Waals surface area contributed by atoms with Crippen molar-refractivity contribution in [2.45, 2.75) is 0 Å². The van der Waals surface area contributed by atoms with Gasteiger partial charge in [-0.25, -0.2) is 0 Å². The highest BCUT2D eigenvalue weighted by Crippen LogP contribution is 2.11. The van der Waals surface area contributed by atoms with Crippen LogP contribution in [0.1, 0.15) is 20.7 Å². The summed E-state index contributed by atoms with van der Waals surface area (Å²) < 4.78 is 0.782. The number of benzene rings is 2. The summed E-state index contributed by atoms with van der Waals surface area (Å²) in [5.41, 5.74) is 5.32. The van der Waals surface area contributed by atoms with Crippen LogP contribution in [0, 0.1) is 3.57 Å². The molecule has 0 aromatic heterocycles. The molecule has 0 aliphatic carbocycles. The van der Waals surface area contributed by atoms with Gasteiger partial charge >= 0.3 is 0 Å². The van der Waals surface area contributed by atoms with Gasteiger partial charge in [0.15, 0.2) is 0 Å². The molecule has 6 nitrogen and oxygen atoms in total. The second-order valence-electron chi connectivity index (χ2n) is 4.67. The number of amides is 3. The zero-order valence-electron chi connectivity index (χ0n) is 12.3. The molecule has 2 rings (SSSR count). The van der Waals surface area contributed by atoms with Crippen LogP contribution in [0.5, 0.6) is 0 Å². The molecule has 124 valence electrons. The number of nitrogens with one attached hydrogen (secondary N) is 3. The third kappa shape index (κ3) is 5.20. The molecule has 3 amide bonds. The van der Waals surface area contributed by atoms with E-state index in [0.717, 1.165) is 3.57 Å². The van der Waals surface area contributed by atoms with Crippen LogP contribution in [0.2, 0.25) is 5.02 Å². The SMILES string of the molecule is O=C(CNC(=O)c1ccccc1I)NNC(=O)c1ccc(Cl)cc1. The van der Waals surface area contributed by atoms with E-state index in [9.17, 15) is 14.4 Å². The zero-order chi connectivity index (χ0) is 17.5. The van der Waals surface area contributed by atoms with Gasteiger partial charge < -0.3 is 5.32 Å². The highest BCUT2D eigenvalue weighted by Gasteiger charge is 2.11. The normalized spacial score (nSPS) is 9.92. The fourth-order valence-electron chi connectivity index (χ4n) is 1.75. The van der Waals surface area contributed by atoms with Gasteiger partial charge in [0, 0.05) is 14.2 Å². The lowest BCUT2D eigenvalue weighted by molar-refractivity contribution is -0.120. The first kappa shape index (κ1) is 18.2. The summed E-state index contributed by atoms with van der Waals surface area (Å²) >= 11 is 7.77. The molecule has 0 bridgehead atoms. The van der Waals surface area contributed by atoms with Crippen molar-refractivity contribution in [1.29, 1.82) is 0 Å². The van der Waals surface area contributed by atoms with Crippen molar-refractivity contribution in [2.75, 3.05) is 6.54 Å². The molecule has 8 heteroatoms. The van der Waals surface area contributed by atoms with Crippen LogP contribution in [0.4, 0.5) is 0 Å². The van der Waals surface area contributed by atoms with Crippen molar-refractivity contribution in [3.05, 3.63) is 68.3 Å². The fraction of sp³-hybridized carbons (Fsp3) is 0.0625. The van der Waals surface area contributed by atoms with Gasteiger partial charge in [0.2, 0.25) is 0 Å². The molecule has 2 aromatic rings. The summed E-state index contributed by atoms with van der Waals surface area (Å²) in [6.07, 6.45) is 0. The Morgan fingerprint density at radius 3 is 2.25 bits per heavy atom. The lowest BCUT2D eigenvalue weighted by Gasteiger charge is -2.09. The second kappa shape index (κ2) is 8.65. The molecule has 0 radical (unpaired) electrons. The van der Waals surface area contributed by atoms with E-state index in [4.69, 9.17) is 11.6 Å². The lowest BCUT2D eigenvalue weighted by Crippen LogP contribution is -2.46. The summed E-state index contributed by atoms with van der Waals surface area (Å²) in [5.74, 6) is -1.39. The number of rotatable bonds is 4. The van der Waals surface area contributed by atoms with Gasteiger partial charge in [-0.2, -0.15) is 0 Å². The largest absolute Gasteiger partial charge is 0.343 e. The maximum absolute atomic E-state index is 12.0. The van der Waals surface area contributed by atoms with Gasteiger partial charge in [-0.05, 0) is 59.0 Å². The Labute approximate surface area is 157 Å². The molecular formula is C16H13ClIN3O3. The minimum absolute atomic E-state index is 0.259. The Kier molecular flexibility index (Phi) is 6.56. The van der Waals surface area contributed by atoms with Crippen LogP contribution in [0.25, 0.3) is 0 Å². The second-order valence-corrected chi connectivity index (χ2v) is 6.27. The Bertz CT molecular complexity index is 765. The molecule has 0 heterocycles. The van der Waals surface area contributed by atoms with Crippen LogP contribution < -0.4 is 16.2 Å². The average molecular weight is 458 g/mol. The van der Waals surface area contributed by atoms with Crippen molar-refractivity contribution in [2.24, 2.45) is 0 Å². The van der Waals surface area contributed by atoms with Gasteiger partial charge in [-0.15, -0.1) is 0 Å². The van der Waals surface area contributed by atoms with Crippen LogP contribution in [-0.4, -0.2) is 24.3 Å². The highest BCUT2D eigenvalue weighted by molar-refractivity contribution is 14.1. The standard InChI is InChI=1S/C16H13ClIN3O3/c17-11-7-5-10(6-8-11)15(23)21-20-14(22)9-19-16(24)12-3-1-2-4-13(12)18/h1-8H,9H2,(H,19,24)(H,20,22)(H,21,23). The summed E-state index contributed by atoms with van der Waals surface area (Å²) in [4.78, 5) is 35.5. The summed E-state index contributed by atoms with van der Waals surface area (Å²) in [6, 6.07) is 13.2. The van der Waals surface area contributed by atoms with Crippen molar-refractivity contribution < 1.29 is 14.4 Å². The molecule has 0 aliphatic rings. The van der Waals surface area contributed by atoms with Gasteiger partial charge in [0.1, 0.15) is 0 Å². The minimum Gasteiger partial charge on any atom is -0.343 e. The van der Waals surface area contributed by atoms with Crippen LogP contribution in [0.15, 0.2) is 48.5 Å². The molecule has 0 fully saturated rings. The molecule has 24 heavy (non-hydrogen) atoms. The molecule has 0 spiro atoms. The van der Waals surface area contributed by atoms with Crippen molar-refractivity contribution in [3.63, 3.8) is 0 Å². The van der Waals surface area contributed by atoms with Crippen LogP contribution in [-0.2, 0) is 4.79 Å². The quantitative estimate of drug-likeness (QED) is 0.486. The van der Waals surface area contributed by atoms with Gasteiger partial charge in [0.05, 0.1) is 12.1 Å². The molecule has 3 N–H and O–H groups in total. The zero-order valence-corrected chi connectivity index (χ0v) is 15.2. The topological polar surface area (TPSA) is 87.3 Å². The van der Waals surface area contributed by atoms with Crippen molar-refractivity contribution in [1.82, 2.24) is 16.2 Å². The molecule has 0 atom stereocenters. The Balaban J connectivity index is 1.79. The third-order valence-corrected chi connectivity index (χ3v) is 4.14. The third-order valence-electron chi connectivity index (χ3n) is 2.95. The van der Waals surface area contributed by atoms with E-state index >= 15 is 0 Å². The highest BCUT2D eigenvalue weighted by atomic mass is 127. The fourth-order valence-corrected chi connectivity index (χ4v) is 2.50. The van der Waals surface area contributed by atoms with Crippen molar-refractivity contribution in [3.8, 4) is 0 Å². The maximum atomic E-state index is 12.0. The Morgan fingerprint density at radius 2 is 1.58 bits per heavy atom. The van der Waals surface area contributed by atoms with E-state index in [1.54, 1.807) is 30.3 Å². The van der Waals surface area contributed by atoms with Gasteiger partial charge in [0.25, 0.3) is 17.7 Å². The smallest absolute Gasteiger partial charge is 0.269 e. The molecule has 0 unspecified atom stereocenters.